The first-order chi connectivity index (χ1) is 19.2. The van der Waals surface area contributed by atoms with Crippen LogP contribution in [0.4, 0.5) is 4.39 Å². The van der Waals surface area contributed by atoms with Gasteiger partial charge in [0.2, 0.25) is 0 Å². The normalized spacial score (nSPS) is 15.0. The van der Waals surface area contributed by atoms with Crippen LogP contribution in [0.1, 0.15) is 36.6 Å². The number of halogens is 3. The molecule has 0 amide bonds. The lowest BCUT2D eigenvalue weighted by Gasteiger charge is -2.24. The topological polar surface area (TPSA) is 69.9 Å². The summed E-state index contributed by atoms with van der Waals surface area (Å²) in [5.41, 5.74) is 2.47. The van der Waals surface area contributed by atoms with Gasteiger partial charge < -0.3 is 9.47 Å². The van der Waals surface area contributed by atoms with E-state index in [2.05, 4.69) is 20.9 Å². The second kappa shape index (κ2) is 11.9. The van der Waals surface area contributed by atoms with E-state index in [1.54, 1.807) is 50.3 Å². The van der Waals surface area contributed by atoms with E-state index in [0.717, 1.165) is 10.0 Å². The number of rotatable bonds is 7. The fraction of sp³-hybridized carbons (Fsp3) is 0.167. The van der Waals surface area contributed by atoms with Gasteiger partial charge in [-0.3, -0.25) is 9.36 Å². The van der Waals surface area contributed by atoms with E-state index in [-0.39, 0.29) is 17.7 Å². The molecule has 10 heteroatoms. The molecule has 0 bridgehead atoms. The predicted octanol–water partition coefficient (Wildman–Crippen LogP) is 5.93. The van der Waals surface area contributed by atoms with Gasteiger partial charge in [0.15, 0.2) is 4.80 Å². The van der Waals surface area contributed by atoms with Crippen molar-refractivity contribution in [1.82, 2.24) is 4.57 Å². The van der Waals surface area contributed by atoms with E-state index in [1.165, 1.54) is 28.0 Å². The molecule has 4 aromatic rings. The summed E-state index contributed by atoms with van der Waals surface area (Å²) in [6.45, 7) is 3.89. The quantitative estimate of drug-likeness (QED) is 0.235. The highest BCUT2D eigenvalue weighted by Crippen LogP contribution is 2.31. The molecule has 6 nitrogen and oxygen atoms in total. The molecule has 0 saturated heterocycles. The van der Waals surface area contributed by atoms with Crippen LogP contribution in [0.15, 0.2) is 92.3 Å². The van der Waals surface area contributed by atoms with E-state index in [4.69, 9.17) is 21.1 Å². The predicted molar refractivity (Wildman–Crippen MR) is 157 cm³/mol. The number of hydrogen-bond acceptors (Lipinski definition) is 6. The van der Waals surface area contributed by atoms with Crippen molar-refractivity contribution in [2.45, 2.75) is 26.5 Å². The van der Waals surface area contributed by atoms with Gasteiger partial charge >= 0.3 is 5.97 Å². The maximum atomic E-state index is 13.9. The van der Waals surface area contributed by atoms with E-state index in [9.17, 15) is 14.0 Å². The third-order valence-electron chi connectivity index (χ3n) is 6.27. The number of benzene rings is 3. The van der Waals surface area contributed by atoms with Crippen molar-refractivity contribution in [3.05, 3.63) is 130 Å². The van der Waals surface area contributed by atoms with E-state index >= 15 is 0 Å². The Bertz CT molecular complexity index is 1800. The first kappa shape index (κ1) is 28.0. The first-order valence-electron chi connectivity index (χ1n) is 12.4. The molecule has 0 N–H and O–H groups in total. The number of nitrogens with zero attached hydrogens (tertiary/aromatic N) is 2. The van der Waals surface area contributed by atoms with Gasteiger partial charge in [0.25, 0.3) is 5.56 Å². The number of thiazole rings is 1. The summed E-state index contributed by atoms with van der Waals surface area (Å²) in [4.78, 5) is 31.9. The third kappa shape index (κ3) is 5.82. The molecule has 1 atom stereocenters. The molecule has 204 valence electrons. The molecule has 5 rings (SSSR count). The number of ether oxygens (including phenoxy) is 2. The Kier molecular flexibility index (Phi) is 8.35. The molecular formula is C30H23BrClFN2O4S. The lowest BCUT2D eigenvalue weighted by Crippen LogP contribution is -2.39. The first-order valence-corrected chi connectivity index (χ1v) is 14.4. The number of esters is 1. The zero-order valence-electron chi connectivity index (χ0n) is 21.5. The zero-order chi connectivity index (χ0) is 28.4. The molecule has 0 spiro atoms. The van der Waals surface area contributed by atoms with Gasteiger partial charge in [-0.15, -0.1) is 0 Å². The van der Waals surface area contributed by atoms with E-state index < -0.39 is 17.8 Å². The minimum atomic E-state index is -0.828. The summed E-state index contributed by atoms with van der Waals surface area (Å²) in [5, 5.41) is 0.486. The van der Waals surface area contributed by atoms with Crippen LogP contribution in [0.3, 0.4) is 0 Å². The van der Waals surface area contributed by atoms with Crippen molar-refractivity contribution < 1.29 is 18.7 Å². The fourth-order valence-corrected chi connectivity index (χ4v) is 5.88. The number of fused-ring (bicyclic) bond motifs is 1. The Balaban J connectivity index is 1.61. The van der Waals surface area contributed by atoms with Crippen LogP contribution in [0, 0.1) is 5.82 Å². The highest BCUT2D eigenvalue weighted by molar-refractivity contribution is 9.10. The molecule has 0 saturated carbocycles. The largest absolute Gasteiger partial charge is 0.488 e. The SMILES string of the molecule is CCOC(=O)C1=C(C)N=c2s/c(=C\c3cc(Cl)ccc3OCc3ccc(Br)cc3)c(=O)n2[C@H]1c1ccc(F)cc1. The van der Waals surface area contributed by atoms with Crippen molar-refractivity contribution in [2.24, 2.45) is 4.99 Å². The van der Waals surface area contributed by atoms with E-state index in [1.807, 2.05) is 24.3 Å². The van der Waals surface area contributed by atoms with Crippen molar-refractivity contribution in [2.75, 3.05) is 6.61 Å². The van der Waals surface area contributed by atoms with Crippen molar-refractivity contribution in [3.8, 4) is 5.75 Å². The molecule has 0 aliphatic carbocycles. The van der Waals surface area contributed by atoms with Crippen LogP contribution >= 0.6 is 38.9 Å². The lowest BCUT2D eigenvalue weighted by atomic mass is 9.96. The molecule has 0 radical (unpaired) electrons. The van der Waals surface area contributed by atoms with Crippen molar-refractivity contribution >= 4 is 50.9 Å². The van der Waals surface area contributed by atoms with Gasteiger partial charge in [-0.1, -0.05) is 63.1 Å². The van der Waals surface area contributed by atoms with Gasteiger partial charge in [-0.25, -0.2) is 14.2 Å². The molecule has 0 unspecified atom stereocenters. The van der Waals surface area contributed by atoms with Gasteiger partial charge in [-0.2, -0.15) is 0 Å². The van der Waals surface area contributed by atoms with Crippen LogP contribution in [0.5, 0.6) is 5.75 Å². The molecule has 1 aliphatic rings. The summed E-state index contributed by atoms with van der Waals surface area (Å²) in [5.74, 6) is -0.450. The maximum absolute atomic E-state index is 13.9. The Hall–Kier alpha value is -3.53. The molecule has 1 aliphatic heterocycles. The maximum Gasteiger partial charge on any atom is 0.338 e. The highest BCUT2D eigenvalue weighted by atomic mass is 79.9. The monoisotopic (exact) mass is 640 g/mol. The molecule has 0 fully saturated rings. The molecule has 40 heavy (non-hydrogen) atoms. The Morgan fingerprint density at radius 1 is 1.15 bits per heavy atom. The Labute approximate surface area is 246 Å². The number of carbonyl (C=O) groups excluding carboxylic acids is 1. The number of allylic oxidation sites excluding steroid dienone is 1. The highest BCUT2D eigenvalue weighted by Gasteiger charge is 2.33. The molecule has 2 heterocycles. The summed E-state index contributed by atoms with van der Waals surface area (Å²) >= 11 is 10.9. The summed E-state index contributed by atoms with van der Waals surface area (Å²) < 4.78 is 28.0. The van der Waals surface area contributed by atoms with Crippen LogP contribution in [0.25, 0.3) is 6.08 Å². The second-order valence-electron chi connectivity index (χ2n) is 8.95. The van der Waals surface area contributed by atoms with Crippen LogP contribution in [-0.4, -0.2) is 17.1 Å². The number of hydrogen-bond donors (Lipinski definition) is 0. The molecular weight excluding hydrogens is 619 g/mol. The minimum absolute atomic E-state index is 0.161. The summed E-state index contributed by atoms with van der Waals surface area (Å²) in [6, 6.07) is 17.9. The van der Waals surface area contributed by atoms with Gasteiger partial charge in [0, 0.05) is 15.1 Å². The summed E-state index contributed by atoms with van der Waals surface area (Å²) in [6.07, 6.45) is 1.71. The fourth-order valence-electron chi connectivity index (χ4n) is 4.40. The Morgan fingerprint density at radius 2 is 1.88 bits per heavy atom. The zero-order valence-corrected chi connectivity index (χ0v) is 24.6. The molecule has 1 aromatic heterocycles. The lowest BCUT2D eigenvalue weighted by molar-refractivity contribution is -0.139. The van der Waals surface area contributed by atoms with E-state index in [0.29, 0.717) is 43.5 Å². The number of carbonyl (C=O) groups is 1. The van der Waals surface area contributed by atoms with Crippen molar-refractivity contribution in [3.63, 3.8) is 0 Å². The number of aromatic nitrogens is 1. The van der Waals surface area contributed by atoms with Crippen LogP contribution in [-0.2, 0) is 16.1 Å². The third-order valence-corrected chi connectivity index (χ3v) is 8.02. The average molecular weight is 642 g/mol. The minimum Gasteiger partial charge on any atom is -0.488 e. The van der Waals surface area contributed by atoms with Crippen LogP contribution < -0.4 is 19.6 Å². The summed E-state index contributed by atoms with van der Waals surface area (Å²) in [7, 11) is 0. The van der Waals surface area contributed by atoms with Crippen molar-refractivity contribution in [1.29, 1.82) is 0 Å². The molecule has 3 aromatic carbocycles. The Morgan fingerprint density at radius 3 is 2.58 bits per heavy atom. The van der Waals surface area contributed by atoms with Gasteiger partial charge in [0.05, 0.1) is 28.5 Å². The smallest absolute Gasteiger partial charge is 0.338 e. The standard InChI is InChI=1S/C30H23BrClFN2O4S/c1-3-38-29(37)26-17(2)34-30-35(27(26)19-6-11-23(33)12-7-19)28(36)25(40-30)15-20-14-22(32)10-13-24(20)39-16-18-4-8-21(31)9-5-18/h4-15,27H,3,16H2,1-2H3/b25-15-/t27-/m0/s1. The van der Waals surface area contributed by atoms with Gasteiger partial charge in [-0.05, 0) is 73.5 Å². The van der Waals surface area contributed by atoms with Crippen LogP contribution in [0.2, 0.25) is 5.02 Å². The average Bonchev–Trinajstić information content (AvgIpc) is 3.23. The van der Waals surface area contributed by atoms with Gasteiger partial charge in [0.1, 0.15) is 18.2 Å². The second-order valence-corrected chi connectivity index (χ2v) is 11.3.